The Morgan fingerprint density at radius 2 is 1.59 bits per heavy atom. The van der Waals surface area contributed by atoms with E-state index in [0.717, 1.165) is 17.5 Å². The molecule has 0 aliphatic heterocycles. The van der Waals surface area contributed by atoms with Gasteiger partial charge in [-0.1, -0.05) is 31.2 Å². The minimum Gasteiger partial charge on any atom is -0.508 e. The molecule has 2 aromatic carbocycles. The Balaban J connectivity index is 2.60. The molecule has 0 atom stereocenters. The molecule has 0 unspecified atom stereocenters. The molecule has 0 heterocycles. The Bertz CT molecular complexity index is 524. The fourth-order valence-corrected chi connectivity index (χ4v) is 1.84. The number of aromatic hydroxyl groups is 3. The second kappa shape index (κ2) is 4.37. The smallest absolute Gasteiger partial charge is 0.130 e. The molecule has 3 N–H and O–H groups in total. The zero-order valence-electron chi connectivity index (χ0n) is 9.51. The van der Waals surface area contributed by atoms with E-state index in [4.69, 9.17) is 0 Å². The van der Waals surface area contributed by atoms with Gasteiger partial charge in [0.05, 0.1) is 5.56 Å². The van der Waals surface area contributed by atoms with Crippen molar-refractivity contribution in [1.82, 2.24) is 0 Å². The Morgan fingerprint density at radius 1 is 0.941 bits per heavy atom. The number of phenolic OH excluding ortho intramolecular Hbond substituents is 3. The van der Waals surface area contributed by atoms with E-state index in [1.165, 1.54) is 12.1 Å². The third kappa shape index (κ3) is 2.18. The van der Waals surface area contributed by atoms with Crippen LogP contribution in [0.3, 0.4) is 0 Å². The van der Waals surface area contributed by atoms with Crippen LogP contribution in [0.5, 0.6) is 17.2 Å². The van der Waals surface area contributed by atoms with Crippen molar-refractivity contribution in [3.05, 3.63) is 42.0 Å². The molecule has 0 bridgehead atoms. The first-order valence-electron chi connectivity index (χ1n) is 5.46. The van der Waals surface area contributed by atoms with Gasteiger partial charge in [0.25, 0.3) is 0 Å². The van der Waals surface area contributed by atoms with Crippen molar-refractivity contribution in [3.8, 4) is 28.4 Å². The van der Waals surface area contributed by atoms with Crippen LogP contribution in [0.1, 0.15) is 12.5 Å². The lowest BCUT2D eigenvalue weighted by Gasteiger charge is -2.09. The van der Waals surface area contributed by atoms with Crippen LogP contribution in [0.2, 0.25) is 0 Å². The van der Waals surface area contributed by atoms with Gasteiger partial charge >= 0.3 is 0 Å². The van der Waals surface area contributed by atoms with E-state index >= 15 is 0 Å². The first-order valence-corrected chi connectivity index (χ1v) is 5.46. The standard InChI is InChI=1S/C14H14O3/c1-2-9-4-3-5-10(6-9)14-12(16)7-11(15)8-13(14)17/h3-8,15-17H,2H2,1H3. The van der Waals surface area contributed by atoms with Gasteiger partial charge in [0.2, 0.25) is 0 Å². The van der Waals surface area contributed by atoms with E-state index in [2.05, 4.69) is 0 Å². The van der Waals surface area contributed by atoms with Crippen molar-refractivity contribution in [2.75, 3.05) is 0 Å². The van der Waals surface area contributed by atoms with E-state index in [1.807, 2.05) is 31.2 Å². The third-order valence-electron chi connectivity index (χ3n) is 2.71. The van der Waals surface area contributed by atoms with Crippen LogP contribution >= 0.6 is 0 Å². The van der Waals surface area contributed by atoms with E-state index in [9.17, 15) is 15.3 Å². The normalized spacial score (nSPS) is 10.4. The minimum atomic E-state index is -0.157. The van der Waals surface area contributed by atoms with Gasteiger partial charge in [-0.05, 0) is 17.5 Å². The molecule has 17 heavy (non-hydrogen) atoms. The van der Waals surface area contributed by atoms with Crippen LogP contribution in [-0.2, 0) is 6.42 Å². The van der Waals surface area contributed by atoms with Crippen molar-refractivity contribution in [2.24, 2.45) is 0 Å². The van der Waals surface area contributed by atoms with Gasteiger partial charge in [-0.25, -0.2) is 0 Å². The second-order valence-corrected chi connectivity index (χ2v) is 3.91. The lowest BCUT2D eigenvalue weighted by molar-refractivity contribution is 0.430. The number of hydrogen-bond donors (Lipinski definition) is 3. The van der Waals surface area contributed by atoms with Crippen molar-refractivity contribution in [3.63, 3.8) is 0 Å². The predicted octanol–water partition coefficient (Wildman–Crippen LogP) is 3.03. The molecule has 0 aliphatic rings. The molecular weight excluding hydrogens is 216 g/mol. The van der Waals surface area contributed by atoms with Crippen LogP contribution in [0.4, 0.5) is 0 Å². The Hall–Kier alpha value is -2.16. The topological polar surface area (TPSA) is 60.7 Å². The van der Waals surface area contributed by atoms with Gasteiger partial charge in [-0.3, -0.25) is 0 Å². The summed E-state index contributed by atoms with van der Waals surface area (Å²) in [6.07, 6.45) is 0.882. The molecule has 0 saturated heterocycles. The molecular formula is C14H14O3. The van der Waals surface area contributed by atoms with E-state index in [-0.39, 0.29) is 17.2 Å². The lowest BCUT2D eigenvalue weighted by atomic mass is 10.00. The summed E-state index contributed by atoms with van der Waals surface area (Å²) >= 11 is 0. The second-order valence-electron chi connectivity index (χ2n) is 3.91. The van der Waals surface area contributed by atoms with Gasteiger partial charge in [-0.15, -0.1) is 0 Å². The Kier molecular flexibility index (Phi) is 2.91. The van der Waals surface area contributed by atoms with E-state index < -0.39 is 0 Å². The predicted molar refractivity (Wildman–Crippen MR) is 66.3 cm³/mol. The highest BCUT2D eigenvalue weighted by Gasteiger charge is 2.12. The summed E-state index contributed by atoms with van der Waals surface area (Å²) in [5, 5.41) is 28.8. The van der Waals surface area contributed by atoms with Crippen molar-refractivity contribution < 1.29 is 15.3 Å². The quantitative estimate of drug-likeness (QED) is 0.743. The molecule has 0 radical (unpaired) electrons. The number of phenols is 3. The van der Waals surface area contributed by atoms with Gasteiger partial charge in [0.15, 0.2) is 0 Å². The highest BCUT2D eigenvalue weighted by molar-refractivity contribution is 5.77. The van der Waals surface area contributed by atoms with Crippen LogP contribution in [0.15, 0.2) is 36.4 Å². The fraction of sp³-hybridized carbons (Fsp3) is 0.143. The summed E-state index contributed by atoms with van der Waals surface area (Å²) in [4.78, 5) is 0. The lowest BCUT2D eigenvalue weighted by Crippen LogP contribution is -1.84. The van der Waals surface area contributed by atoms with Gasteiger partial charge < -0.3 is 15.3 Å². The summed E-state index contributed by atoms with van der Waals surface area (Å²) in [7, 11) is 0. The number of aryl methyl sites for hydroxylation is 1. The molecule has 0 spiro atoms. The van der Waals surface area contributed by atoms with Crippen molar-refractivity contribution >= 4 is 0 Å². The highest BCUT2D eigenvalue weighted by Crippen LogP contribution is 2.40. The molecule has 0 aromatic heterocycles. The van der Waals surface area contributed by atoms with Crippen LogP contribution in [0.25, 0.3) is 11.1 Å². The first-order chi connectivity index (χ1) is 8.11. The highest BCUT2D eigenvalue weighted by atomic mass is 16.3. The molecule has 3 nitrogen and oxygen atoms in total. The van der Waals surface area contributed by atoms with Gasteiger partial charge in [0, 0.05) is 12.1 Å². The summed E-state index contributed by atoms with van der Waals surface area (Å²) in [5.74, 6) is -0.415. The third-order valence-corrected chi connectivity index (χ3v) is 2.71. The zero-order chi connectivity index (χ0) is 12.4. The Morgan fingerprint density at radius 3 is 2.18 bits per heavy atom. The number of rotatable bonds is 2. The molecule has 0 saturated carbocycles. The van der Waals surface area contributed by atoms with Crippen molar-refractivity contribution in [2.45, 2.75) is 13.3 Å². The van der Waals surface area contributed by atoms with Gasteiger partial charge in [0.1, 0.15) is 17.2 Å². The number of hydrogen-bond acceptors (Lipinski definition) is 3. The summed E-state index contributed by atoms with van der Waals surface area (Å²) in [6.45, 7) is 2.04. The fourth-order valence-electron chi connectivity index (χ4n) is 1.84. The van der Waals surface area contributed by atoms with Gasteiger partial charge in [-0.2, -0.15) is 0 Å². The molecule has 0 fully saturated rings. The van der Waals surface area contributed by atoms with Crippen LogP contribution in [-0.4, -0.2) is 15.3 Å². The molecule has 0 amide bonds. The largest absolute Gasteiger partial charge is 0.508 e. The molecule has 0 aliphatic carbocycles. The maximum absolute atomic E-state index is 9.77. The number of benzene rings is 2. The molecule has 2 aromatic rings. The summed E-state index contributed by atoms with van der Waals surface area (Å²) in [5.41, 5.74) is 2.20. The van der Waals surface area contributed by atoms with Crippen LogP contribution in [0, 0.1) is 0 Å². The maximum Gasteiger partial charge on any atom is 0.130 e. The minimum absolute atomic E-state index is 0.129. The SMILES string of the molecule is CCc1cccc(-c2c(O)cc(O)cc2O)c1. The Labute approximate surface area is 99.6 Å². The molecule has 88 valence electrons. The summed E-state index contributed by atoms with van der Waals surface area (Å²) < 4.78 is 0. The zero-order valence-corrected chi connectivity index (χ0v) is 9.51. The van der Waals surface area contributed by atoms with Crippen molar-refractivity contribution in [1.29, 1.82) is 0 Å². The maximum atomic E-state index is 9.77. The average molecular weight is 230 g/mol. The molecule has 3 heteroatoms. The van der Waals surface area contributed by atoms with E-state index in [1.54, 1.807) is 0 Å². The first kappa shape index (κ1) is 11.3. The summed E-state index contributed by atoms with van der Waals surface area (Å²) in [6, 6.07) is 10.0. The monoisotopic (exact) mass is 230 g/mol. The molecule has 2 rings (SSSR count). The average Bonchev–Trinajstić information content (AvgIpc) is 2.28. The van der Waals surface area contributed by atoms with E-state index in [0.29, 0.717) is 5.56 Å². The van der Waals surface area contributed by atoms with Crippen LogP contribution < -0.4 is 0 Å².